The van der Waals surface area contributed by atoms with Gasteiger partial charge in [0.05, 0.1) is 23.2 Å². The summed E-state index contributed by atoms with van der Waals surface area (Å²) in [7, 11) is 0. The van der Waals surface area contributed by atoms with Gasteiger partial charge in [-0.15, -0.1) is 0 Å². The molecule has 0 N–H and O–H groups in total. The first-order chi connectivity index (χ1) is 20.5. The second kappa shape index (κ2) is 12.6. The molecule has 214 valence electrons. The van der Waals surface area contributed by atoms with E-state index in [1.165, 1.54) is 19.3 Å². The van der Waals surface area contributed by atoms with Crippen LogP contribution in [0.3, 0.4) is 0 Å². The molecule has 0 bridgehead atoms. The van der Waals surface area contributed by atoms with Gasteiger partial charge in [0, 0.05) is 21.7 Å². The smallest absolute Gasteiger partial charge is 0.338 e. The van der Waals surface area contributed by atoms with Crippen molar-refractivity contribution in [1.82, 2.24) is 9.55 Å². The molecule has 42 heavy (non-hydrogen) atoms. The Balaban J connectivity index is 1.28. The molecule has 1 aromatic heterocycles. The molecule has 1 fully saturated rings. The van der Waals surface area contributed by atoms with Crippen molar-refractivity contribution in [2.75, 3.05) is 6.61 Å². The van der Waals surface area contributed by atoms with Crippen LogP contribution in [0, 0.1) is 0 Å². The molecular weight excluding hydrogens is 567 g/mol. The monoisotopic (exact) mass is 598 g/mol. The second-order valence-corrected chi connectivity index (χ2v) is 11.5. The minimum Gasteiger partial charge on any atom is -0.489 e. The van der Waals surface area contributed by atoms with E-state index in [1.807, 2.05) is 79.7 Å². The maximum absolute atomic E-state index is 12.4. The van der Waals surface area contributed by atoms with Crippen LogP contribution in [0.25, 0.3) is 33.5 Å². The second-order valence-electron chi connectivity index (χ2n) is 10.6. The van der Waals surface area contributed by atoms with E-state index in [2.05, 4.69) is 16.7 Å². The van der Waals surface area contributed by atoms with Crippen LogP contribution in [0.4, 0.5) is 0 Å². The lowest BCUT2D eigenvalue weighted by molar-refractivity contribution is 0.0526. The van der Waals surface area contributed by atoms with Gasteiger partial charge < -0.3 is 14.0 Å². The van der Waals surface area contributed by atoms with Crippen LogP contribution in [-0.4, -0.2) is 22.1 Å². The Morgan fingerprint density at radius 1 is 0.857 bits per heavy atom. The Labute approximate surface area is 256 Å². The number of carbonyl (C=O) groups excluding carboxylic acids is 1. The Bertz CT molecular complexity index is 1710. The number of hydrogen-bond acceptors (Lipinski definition) is 4. The highest BCUT2D eigenvalue weighted by Crippen LogP contribution is 2.37. The van der Waals surface area contributed by atoms with Gasteiger partial charge in [0.15, 0.2) is 0 Å². The van der Waals surface area contributed by atoms with Gasteiger partial charge in [-0.2, -0.15) is 0 Å². The molecule has 5 nitrogen and oxygen atoms in total. The van der Waals surface area contributed by atoms with Gasteiger partial charge >= 0.3 is 5.97 Å². The summed E-state index contributed by atoms with van der Waals surface area (Å²) >= 11 is 12.4. The van der Waals surface area contributed by atoms with Gasteiger partial charge in [-0.25, -0.2) is 9.78 Å². The molecule has 0 unspecified atom stereocenters. The van der Waals surface area contributed by atoms with Gasteiger partial charge in [0.2, 0.25) is 0 Å². The van der Waals surface area contributed by atoms with Gasteiger partial charge in [-0.05, 0) is 103 Å². The van der Waals surface area contributed by atoms with Gasteiger partial charge in [-0.1, -0.05) is 60.7 Å². The lowest BCUT2D eigenvalue weighted by Crippen LogP contribution is -2.14. The van der Waals surface area contributed by atoms with E-state index < -0.39 is 0 Å². The number of aromatic nitrogens is 2. The van der Waals surface area contributed by atoms with Crippen molar-refractivity contribution in [3.63, 3.8) is 0 Å². The van der Waals surface area contributed by atoms with Gasteiger partial charge in [0.25, 0.3) is 0 Å². The lowest BCUT2D eigenvalue weighted by atomic mass is 9.95. The van der Waals surface area contributed by atoms with Crippen LogP contribution in [-0.2, 0) is 11.3 Å². The van der Waals surface area contributed by atoms with Crippen molar-refractivity contribution in [2.45, 2.75) is 51.7 Å². The maximum Gasteiger partial charge on any atom is 0.338 e. The average molecular weight is 600 g/mol. The van der Waals surface area contributed by atoms with Crippen LogP contribution in [0.15, 0.2) is 84.9 Å². The van der Waals surface area contributed by atoms with E-state index in [9.17, 15) is 4.79 Å². The van der Waals surface area contributed by atoms with Crippen molar-refractivity contribution in [2.24, 2.45) is 0 Å². The van der Waals surface area contributed by atoms with Crippen molar-refractivity contribution < 1.29 is 14.3 Å². The summed E-state index contributed by atoms with van der Waals surface area (Å²) in [5, 5.41) is 1.36. The normalized spacial score (nSPS) is 13.8. The van der Waals surface area contributed by atoms with Crippen LogP contribution >= 0.6 is 23.2 Å². The molecule has 4 aromatic carbocycles. The van der Waals surface area contributed by atoms with Crippen LogP contribution in [0.2, 0.25) is 10.0 Å². The summed E-state index contributed by atoms with van der Waals surface area (Å²) in [5.74, 6) is 1.34. The highest BCUT2D eigenvalue weighted by Gasteiger charge is 2.23. The number of carbonyl (C=O) groups is 1. The predicted octanol–water partition coefficient (Wildman–Crippen LogP) is 9.94. The summed E-state index contributed by atoms with van der Waals surface area (Å²) in [6, 6.07) is 27.7. The van der Waals surface area contributed by atoms with E-state index in [-0.39, 0.29) is 5.97 Å². The van der Waals surface area contributed by atoms with Crippen molar-refractivity contribution >= 4 is 40.2 Å². The first kappa shape index (κ1) is 28.3. The minimum atomic E-state index is -0.325. The summed E-state index contributed by atoms with van der Waals surface area (Å²) in [5.41, 5.74) is 6.47. The molecule has 0 saturated heterocycles. The first-order valence-corrected chi connectivity index (χ1v) is 15.2. The highest BCUT2D eigenvalue weighted by molar-refractivity contribution is 6.31. The molecule has 1 heterocycles. The molecule has 1 aliphatic rings. The molecule has 5 aromatic rings. The van der Waals surface area contributed by atoms with E-state index in [4.69, 9.17) is 37.7 Å². The fourth-order valence-electron chi connectivity index (χ4n) is 5.81. The topological polar surface area (TPSA) is 53.4 Å². The largest absolute Gasteiger partial charge is 0.489 e. The van der Waals surface area contributed by atoms with E-state index in [0.29, 0.717) is 34.9 Å². The Kier molecular flexibility index (Phi) is 8.50. The summed E-state index contributed by atoms with van der Waals surface area (Å²) < 4.78 is 13.8. The number of imidazole rings is 1. The van der Waals surface area contributed by atoms with Crippen molar-refractivity contribution in [1.29, 1.82) is 0 Å². The number of esters is 1. The fraction of sp³-hybridized carbons (Fsp3) is 0.257. The summed E-state index contributed by atoms with van der Waals surface area (Å²) in [6.07, 6.45) is 5.92. The molecule has 0 aliphatic heterocycles. The predicted molar refractivity (Wildman–Crippen MR) is 169 cm³/mol. The summed E-state index contributed by atoms with van der Waals surface area (Å²) in [6.45, 7) is 2.52. The number of halogens is 2. The van der Waals surface area contributed by atoms with Crippen molar-refractivity contribution in [3.05, 3.63) is 106 Å². The lowest BCUT2D eigenvalue weighted by Gasteiger charge is -2.25. The Hall–Kier alpha value is -3.80. The molecule has 0 radical (unpaired) electrons. The number of rotatable bonds is 8. The zero-order valence-corrected chi connectivity index (χ0v) is 25.0. The third kappa shape index (κ3) is 6.04. The van der Waals surface area contributed by atoms with E-state index in [1.54, 1.807) is 0 Å². The quantitative estimate of drug-likeness (QED) is 0.167. The molecule has 1 aliphatic carbocycles. The zero-order valence-electron chi connectivity index (χ0n) is 23.5. The zero-order chi connectivity index (χ0) is 29.1. The van der Waals surface area contributed by atoms with Gasteiger partial charge in [0.1, 0.15) is 18.2 Å². The molecule has 1 saturated carbocycles. The highest BCUT2D eigenvalue weighted by atomic mass is 35.5. The Morgan fingerprint density at radius 3 is 2.31 bits per heavy atom. The standard InChI is InChI=1S/C35H32Cl2N2O3/c1-2-41-35(40)25-12-19-33-32(21-25)38-34(39(33)29-6-4-3-5-7-29)24-10-16-30(17-11-24)42-22-26-20-28(37)15-18-31(26)23-8-13-27(36)14-9-23/h8-21,29H,2-7,22H2,1H3. The van der Waals surface area contributed by atoms with Crippen LogP contribution in [0.5, 0.6) is 5.75 Å². The minimum absolute atomic E-state index is 0.325. The third-order valence-electron chi connectivity index (χ3n) is 7.87. The number of nitrogens with zero attached hydrogens (tertiary/aromatic N) is 2. The summed E-state index contributed by atoms with van der Waals surface area (Å²) in [4.78, 5) is 17.4. The van der Waals surface area contributed by atoms with E-state index in [0.717, 1.165) is 57.7 Å². The number of benzene rings is 4. The van der Waals surface area contributed by atoms with Crippen molar-refractivity contribution in [3.8, 4) is 28.3 Å². The van der Waals surface area contributed by atoms with Crippen LogP contribution in [0.1, 0.15) is 61.0 Å². The SMILES string of the molecule is CCOC(=O)c1ccc2c(c1)nc(-c1ccc(OCc3cc(Cl)ccc3-c3ccc(Cl)cc3)cc1)n2C1CCCCC1. The van der Waals surface area contributed by atoms with Gasteiger partial charge in [-0.3, -0.25) is 0 Å². The first-order valence-electron chi connectivity index (χ1n) is 14.5. The fourth-order valence-corrected chi connectivity index (χ4v) is 6.13. The molecular formula is C35H32Cl2N2O3. The number of fused-ring (bicyclic) bond motifs is 1. The number of ether oxygens (including phenoxy) is 2. The third-order valence-corrected chi connectivity index (χ3v) is 8.36. The molecule has 6 rings (SSSR count). The molecule has 0 amide bonds. The molecule has 0 atom stereocenters. The maximum atomic E-state index is 12.4. The van der Waals surface area contributed by atoms with Crippen LogP contribution < -0.4 is 4.74 Å². The molecule has 7 heteroatoms. The average Bonchev–Trinajstić information content (AvgIpc) is 3.40. The Morgan fingerprint density at radius 2 is 1.57 bits per heavy atom. The van der Waals surface area contributed by atoms with E-state index >= 15 is 0 Å². The molecule has 0 spiro atoms. The number of hydrogen-bond donors (Lipinski definition) is 0.